The van der Waals surface area contributed by atoms with Gasteiger partial charge in [-0.1, -0.05) is 27.7 Å². The van der Waals surface area contributed by atoms with Gasteiger partial charge in [0.2, 0.25) is 0 Å². The molecule has 2 rings (SSSR count). The molecule has 5 atom stereocenters. The van der Waals surface area contributed by atoms with E-state index in [1.54, 1.807) is 0 Å². The largest absolute Gasteiger partial charge is 0.329 e. The summed E-state index contributed by atoms with van der Waals surface area (Å²) in [4.78, 5) is 2.76. The summed E-state index contributed by atoms with van der Waals surface area (Å²) in [7, 11) is 0. The van der Waals surface area contributed by atoms with E-state index in [9.17, 15) is 0 Å². The summed E-state index contributed by atoms with van der Waals surface area (Å²) in [6.07, 6.45) is 5.39. The van der Waals surface area contributed by atoms with Crippen LogP contribution in [0, 0.1) is 23.7 Å². The highest BCUT2D eigenvalue weighted by Crippen LogP contribution is 2.42. The Morgan fingerprint density at radius 3 is 2.39 bits per heavy atom. The zero-order chi connectivity index (χ0) is 13.3. The van der Waals surface area contributed by atoms with Crippen molar-refractivity contribution in [1.82, 2.24) is 4.90 Å². The first-order chi connectivity index (χ1) is 8.49. The molecule has 1 saturated heterocycles. The minimum atomic E-state index is 0.306. The molecule has 106 valence electrons. The van der Waals surface area contributed by atoms with Gasteiger partial charge in [0, 0.05) is 18.6 Å². The van der Waals surface area contributed by atoms with Gasteiger partial charge < -0.3 is 5.73 Å². The van der Waals surface area contributed by atoms with E-state index >= 15 is 0 Å². The Balaban J connectivity index is 2.12. The second-order valence-corrected chi connectivity index (χ2v) is 7.28. The minimum absolute atomic E-state index is 0.306. The maximum absolute atomic E-state index is 6.24. The van der Waals surface area contributed by atoms with Crippen molar-refractivity contribution in [3.8, 4) is 0 Å². The molecule has 0 bridgehead atoms. The van der Waals surface area contributed by atoms with Gasteiger partial charge in [0.1, 0.15) is 0 Å². The molecule has 0 amide bonds. The van der Waals surface area contributed by atoms with Crippen molar-refractivity contribution in [2.24, 2.45) is 29.4 Å². The van der Waals surface area contributed by atoms with E-state index in [1.807, 2.05) is 0 Å². The first kappa shape index (κ1) is 14.3. The molecule has 2 aliphatic rings. The summed E-state index contributed by atoms with van der Waals surface area (Å²) in [5.74, 6) is 3.36. The van der Waals surface area contributed by atoms with Crippen LogP contribution in [0.2, 0.25) is 0 Å². The van der Waals surface area contributed by atoms with Crippen LogP contribution in [0.4, 0.5) is 0 Å². The van der Waals surface area contributed by atoms with Gasteiger partial charge in [0.25, 0.3) is 0 Å². The van der Waals surface area contributed by atoms with E-state index in [2.05, 4.69) is 32.6 Å². The lowest BCUT2D eigenvalue weighted by Crippen LogP contribution is -2.62. The SMILES string of the molecule is CC1CCC(CN)(N2CCC(C)C(C)C2)C(C)C1. The number of nitrogens with zero attached hydrogens (tertiary/aromatic N) is 1. The van der Waals surface area contributed by atoms with Gasteiger partial charge in [-0.2, -0.15) is 0 Å². The summed E-state index contributed by atoms with van der Waals surface area (Å²) in [5, 5.41) is 0. The topological polar surface area (TPSA) is 29.3 Å². The van der Waals surface area contributed by atoms with Gasteiger partial charge in [0.15, 0.2) is 0 Å². The van der Waals surface area contributed by atoms with Crippen LogP contribution in [0.1, 0.15) is 53.4 Å². The fraction of sp³-hybridized carbons (Fsp3) is 1.00. The lowest BCUT2D eigenvalue weighted by molar-refractivity contribution is -0.0343. The molecule has 0 spiro atoms. The highest BCUT2D eigenvalue weighted by atomic mass is 15.2. The van der Waals surface area contributed by atoms with E-state index in [4.69, 9.17) is 5.73 Å². The van der Waals surface area contributed by atoms with Crippen LogP contribution in [0.25, 0.3) is 0 Å². The number of nitrogens with two attached hydrogens (primary N) is 1. The maximum atomic E-state index is 6.24. The Morgan fingerprint density at radius 2 is 1.83 bits per heavy atom. The van der Waals surface area contributed by atoms with Crippen LogP contribution in [-0.2, 0) is 0 Å². The number of piperidine rings is 1. The van der Waals surface area contributed by atoms with Crippen LogP contribution in [0.5, 0.6) is 0 Å². The Morgan fingerprint density at radius 1 is 1.11 bits per heavy atom. The second kappa shape index (κ2) is 5.50. The number of likely N-dealkylation sites (tertiary alicyclic amines) is 1. The lowest BCUT2D eigenvalue weighted by Gasteiger charge is -2.54. The molecule has 1 aliphatic carbocycles. The molecule has 0 radical (unpaired) electrons. The third-order valence-electron chi connectivity index (χ3n) is 6.06. The second-order valence-electron chi connectivity index (χ2n) is 7.28. The smallest absolute Gasteiger partial charge is 0.0357 e. The summed E-state index contributed by atoms with van der Waals surface area (Å²) in [6, 6.07) is 0. The summed E-state index contributed by atoms with van der Waals surface area (Å²) >= 11 is 0. The Kier molecular flexibility index (Phi) is 4.38. The molecule has 5 unspecified atom stereocenters. The fourth-order valence-corrected chi connectivity index (χ4v) is 4.25. The summed E-state index contributed by atoms with van der Waals surface area (Å²) in [5.41, 5.74) is 6.55. The standard InChI is InChI=1S/C16H32N2/c1-12-5-7-16(11-17,15(4)9-12)18-8-6-13(2)14(3)10-18/h12-15H,5-11,17H2,1-4H3. The van der Waals surface area contributed by atoms with Crippen LogP contribution in [-0.4, -0.2) is 30.1 Å². The van der Waals surface area contributed by atoms with E-state index in [1.165, 1.54) is 38.8 Å². The molecule has 2 heteroatoms. The van der Waals surface area contributed by atoms with Gasteiger partial charge in [0.05, 0.1) is 0 Å². The van der Waals surface area contributed by atoms with E-state index < -0.39 is 0 Å². The van der Waals surface area contributed by atoms with Crippen LogP contribution < -0.4 is 5.73 Å². The van der Waals surface area contributed by atoms with Crippen LogP contribution in [0.3, 0.4) is 0 Å². The zero-order valence-corrected chi connectivity index (χ0v) is 12.8. The first-order valence-corrected chi connectivity index (χ1v) is 7.94. The Hall–Kier alpha value is -0.0800. The quantitative estimate of drug-likeness (QED) is 0.818. The highest BCUT2D eigenvalue weighted by Gasteiger charge is 2.45. The summed E-state index contributed by atoms with van der Waals surface area (Å²) < 4.78 is 0. The van der Waals surface area contributed by atoms with Gasteiger partial charge in [-0.25, -0.2) is 0 Å². The third-order valence-corrected chi connectivity index (χ3v) is 6.06. The van der Waals surface area contributed by atoms with Crippen molar-refractivity contribution >= 4 is 0 Å². The molecule has 2 fully saturated rings. The third kappa shape index (κ3) is 2.46. The van der Waals surface area contributed by atoms with Crippen molar-refractivity contribution in [1.29, 1.82) is 0 Å². The predicted octanol–water partition coefficient (Wildman–Crippen LogP) is 3.12. The average molecular weight is 252 g/mol. The highest BCUT2D eigenvalue weighted by molar-refractivity contribution is 5.01. The maximum Gasteiger partial charge on any atom is 0.0357 e. The van der Waals surface area contributed by atoms with Crippen molar-refractivity contribution < 1.29 is 0 Å². The van der Waals surface area contributed by atoms with Gasteiger partial charge in [-0.15, -0.1) is 0 Å². The molecule has 1 aliphatic heterocycles. The molecule has 1 heterocycles. The van der Waals surface area contributed by atoms with Gasteiger partial charge >= 0.3 is 0 Å². The van der Waals surface area contributed by atoms with Crippen LogP contribution in [0.15, 0.2) is 0 Å². The number of rotatable bonds is 2. The van der Waals surface area contributed by atoms with Crippen LogP contribution >= 0.6 is 0 Å². The predicted molar refractivity (Wildman–Crippen MR) is 78.5 cm³/mol. The number of hydrogen-bond donors (Lipinski definition) is 1. The number of hydrogen-bond acceptors (Lipinski definition) is 2. The molecular weight excluding hydrogens is 220 g/mol. The van der Waals surface area contributed by atoms with Gasteiger partial charge in [-0.3, -0.25) is 4.90 Å². The zero-order valence-electron chi connectivity index (χ0n) is 12.8. The van der Waals surface area contributed by atoms with Crippen molar-refractivity contribution in [2.45, 2.75) is 58.9 Å². The monoisotopic (exact) mass is 252 g/mol. The Bertz CT molecular complexity index is 278. The average Bonchev–Trinajstić information content (AvgIpc) is 2.34. The molecule has 2 N–H and O–H groups in total. The first-order valence-electron chi connectivity index (χ1n) is 7.94. The van der Waals surface area contributed by atoms with E-state index in [0.29, 0.717) is 5.54 Å². The Labute approximate surface area is 113 Å². The minimum Gasteiger partial charge on any atom is -0.329 e. The van der Waals surface area contributed by atoms with Gasteiger partial charge in [-0.05, 0) is 55.9 Å². The van der Waals surface area contributed by atoms with E-state index in [-0.39, 0.29) is 0 Å². The molecule has 18 heavy (non-hydrogen) atoms. The molecule has 0 aromatic heterocycles. The molecule has 1 saturated carbocycles. The molecule has 0 aromatic rings. The fourth-order valence-electron chi connectivity index (χ4n) is 4.25. The normalized spacial score (nSPS) is 47.2. The molecule has 0 aromatic carbocycles. The molecular formula is C16H32N2. The lowest BCUT2D eigenvalue weighted by atomic mass is 9.68. The van der Waals surface area contributed by atoms with Crippen molar-refractivity contribution in [2.75, 3.05) is 19.6 Å². The molecule has 2 nitrogen and oxygen atoms in total. The van der Waals surface area contributed by atoms with E-state index in [0.717, 1.165) is 30.2 Å². The summed E-state index contributed by atoms with van der Waals surface area (Å²) in [6.45, 7) is 13.0. The van der Waals surface area contributed by atoms with Crippen molar-refractivity contribution in [3.63, 3.8) is 0 Å². The van der Waals surface area contributed by atoms with Crippen molar-refractivity contribution in [3.05, 3.63) is 0 Å².